The maximum absolute atomic E-state index is 13.3. The van der Waals surface area contributed by atoms with E-state index in [0.717, 1.165) is 21.9 Å². The SMILES string of the molecule is Cc1cc(C)cc(N2C(=O)C(=O)/C(=C(\O)c3ccc4ccccc4c3)C2c2ccccn2)c1. The Labute approximate surface area is 191 Å². The van der Waals surface area contributed by atoms with Crippen LogP contribution in [0.2, 0.25) is 0 Å². The second-order valence-corrected chi connectivity index (χ2v) is 8.33. The first kappa shape index (κ1) is 20.6. The van der Waals surface area contributed by atoms with Gasteiger partial charge in [-0.2, -0.15) is 0 Å². The number of ketones is 1. The summed E-state index contributed by atoms with van der Waals surface area (Å²) in [6.07, 6.45) is 1.62. The molecule has 0 saturated carbocycles. The molecular weight excluding hydrogens is 412 g/mol. The van der Waals surface area contributed by atoms with Crippen LogP contribution in [-0.2, 0) is 9.59 Å². The molecule has 0 spiro atoms. The molecule has 1 unspecified atom stereocenters. The molecule has 162 valence electrons. The van der Waals surface area contributed by atoms with Crippen molar-refractivity contribution in [2.24, 2.45) is 0 Å². The van der Waals surface area contributed by atoms with Gasteiger partial charge in [-0.1, -0.05) is 48.5 Å². The summed E-state index contributed by atoms with van der Waals surface area (Å²) in [6.45, 7) is 3.88. The van der Waals surface area contributed by atoms with Crippen LogP contribution in [-0.4, -0.2) is 21.8 Å². The molecule has 0 radical (unpaired) electrons. The molecular formula is C28H22N2O3. The van der Waals surface area contributed by atoms with Gasteiger partial charge in [0.25, 0.3) is 11.7 Å². The molecule has 0 bridgehead atoms. The van der Waals surface area contributed by atoms with Gasteiger partial charge in [-0.25, -0.2) is 0 Å². The normalized spacial score (nSPS) is 17.6. The molecule has 5 nitrogen and oxygen atoms in total. The lowest BCUT2D eigenvalue weighted by atomic mass is 9.96. The average molecular weight is 434 g/mol. The van der Waals surface area contributed by atoms with Gasteiger partial charge in [-0.3, -0.25) is 19.5 Å². The maximum Gasteiger partial charge on any atom is 0.300 e. The molecule has 5 heteroatoms. The molecule has 1 atom stereocenters. The minimum atomic E-state index is -0.834. The van der Waals surface area contributed by atoms with Gasteiger partial charge in [-0.05, 0) is 66.1 Å². The van der Waals surface area contributed by atoms with Crippen LogP contribution in [0, 0.1) is 13.8 Å². The third-order valence-electron chi connectivity index (χ3n) is 5.92. The second-order valence-electron chi connectivity index (χ2n) is 8.33. The molecule has 1 aromatic heterocycles. The topological polar surface area (TPSA) is 70.5 Å². The summed E-state index contributed by atoms with van der Waals surface area (Å²) in [5.74, 6) is -1.62. The number of carbonyl (C=O) groups is 2. The number of aliphatic hydroxyl groups excluding tert-OH is 1. The average Bonchev–Trinajstić information content (AvgIpc) is 3.08. The number of aliphatic hydroxyl groups is 1. The number of aryl methyl sites for hydroxylation is 2. The Balaban J connectivity index is 1.74. The number of hydrogen-bond acceptors (Lipinski definition) is 4. The van der Waals surface area contributed by atoms with Crippen molar-refractivity contribution < 1.29 is 14.7 Å². The van der Waals surface area contributed by atoms with Gasteiger partial charge in [0.2, 0.25) is 0 Å². The number of anilines is 1. The Kier molecular flexibility index (Phi) is 5.02. The summed E-state index contributed by atoms with van der Waals surface area (Å²) >= 11 is 0. The lowest BCUT2D eigenvalue weighted by Gasteiger charge is -2.25. The number of rotatable bonds is 3. The van der Waals surface area contributed by atoms with Gasteiger partial charge < -0.3 is 5.11 Å². The van der Waals surface area contributed by atoms with E-state index in [0.29, 0.717) is 16.9 Å². The number of fused-ring (bicyclic) bond motifs is 1. The van der Waals surface area contributed by atoms with Gasteiger partial charge >= 0.3 is 0 Å². The highest BCUT2D eigenvalue weighted by Gasteiger charge is 2.47. The van der Waals surface area contributed by atoms with Gasteiger partial charge in [-0.15, -0.1) is 0 Å². The number of nitrogens with zero attached hydrogens (tertiary/aromatic N) is 2. The first-order valence-corrected chi connectivity index (χ1v) is 10.7. The van der Waals surface area contributed by atoms with Crippen LogP contribution in [0.3, 0.4) is 0 Å². The highest BCUT2D eigenvalue weighted by molar-refractivity contribution is 6.51. The molecule has 1 saturated heterocycles. The lowest BCUT2D eigenvalue weighted by molar-refractivity contribution is -0.132. The molecule has 0 aliphatic carbocycles. The fourth-order valence-electron chi connectivity index (χ4n) is 4.50. The zero-order valence-electron chi connectivity index (χ0n) is 18.3. The van der Waals surface area contributed by atoms with E-state index < -0.39 is 17.7 Å². The third kappa shape index (κ3) is 3.57. The lowest BCUT2D eigenvalue weighted by Crippen LogP contribution is -2.30. The molecule has 1 amide bonds. The molecule has 33 heavy (non-hydrogen) atoms. The fraction of sp³-hybridized carbons (Fsp3) is 0.107. The molecule has 1 fully saturated rings. The Bertz CT molecular complexity index is 1420. The van der Waals surface area contributed by atoms with Crippen molar-refractivity contribution >= 4 is 33.9 Å². The number of Topliss-reactive ketones (excluding diaryl/α,β-unsaturated/α-hetero) is 1. The Morgan fingerprint density at radius 1 is 0.848 bits per heavy atom. The number of pyridine rings is 1. The Morgan fingerprint density at radius 3 is 2.24 bits per heavy atom. The Hall–Kier alpha value is -4.25. The second kappa shape index (κ2) is 8.02. The van der Waals surface area contributed by atoms with Gasteiger partial charge in [0.1, 0.15) is 11.8 Å². The van der Waals surface area contributed by atoms with Gasteiger partial charge in [0, 0.05) is 17.4 Å². The summed E-state index contributed by atoms with van der Waals surface area (Å²) in [5, 5.41) is 13.3. The van der Waals surface area contributed by atoms with Crippen molar-refractivity contribution in [3.05, 3.63) is 113 Å². The van der Waals surface area contributed by atoms with E-state index in [2.05, 4.69) is 4.98 Å². The summed E-state index contributed by atoms with van der Waals surface area (Å²) < 4.78 is 0. The van der Waals surface area contributed by atoms with Crippen molar-refractivity contribution in [2.45, 2.75) is 19.9 Å². The van der Waals surface area contributed by atoms with Crippen LogP contribution in [0.1, 0.15) is 28.4 Å². The monoisotopic (exact) mass is 434 g/mol. The van der Waals surface area contributed by atoms with Crippen LogP contribution in [0.5, 0.6) is 0 Å². The molecule has 1 aliphatic heterocycles. The summed E-state index contributed by atoms with van der Waals surface area (Å²) in [5.41, 5.74) is 3.57. The minimum absolute atomic E-state index is 0.0353. The van der Waals surface area contributed by atoms with E-state index in [1.165, 1.54) is 4.90 Å². The van der Waals surface area contributed by atoms with Crippen LogP contribution in [0.25, 0.3) is 16.5 Å². The zero-order chi connectivity index (χ0) is 23.1. The van der Waals surface area contributed by atoms with Crippen LogP contribution in [0.15, 0.2) is 90.6 Å². The predicted octanol–water partition coefficient (Wildman–Crippen LogP) is 5.48. The summed E-state index contributed by atoms with van der Waals surface area (Å²) in [4.78, 5) is 32.4. The van der Waals surface area contributed by atoms with Gasteiger partial charge in [0.05, 0.1) is 11.3 Å². The van der Waals surface area contributed by atoms with Crippen molar-refractivity contribution in [3.8, 4) is 0 Å². The van der Waals surface area contributed by atoms with Crippen LogP contribution in [0.4, 0.5) is 5.69 Å². The van der Waals surface area contributed by atoms with E-state index >= 15 is 0 Å². The molecule has 2 heterocycles. The number of benzene rings is 3. The molecule has 4 aromatic rings. The minimum Gasteiger partial charge on any atom is -0.507 e. The highest BCUT2D eigenvalue weighted by Crippen LogP contribution is 2.42. The number of amides is 1. The van der Waals surface area contributed by atoms with Crippen molar-refractivity contribution in [1.29, 1.82) is 0 Å². The van der Waals surface area contributed by atoms with Crippen molar-refractivity contribution in [3.63, 3.8) is 0 Å². The highest BCUT2D eigenvalue weighted by atomic mass is 16.3. The summed E-state index contributed by atoms with van der Waals surface area (Å²) in [6, 6.07) is 23.5. The maximum atomic E-state index is 13.3. The first-order valence-electron chi connectivity index (χ1n) is 10.7. The van der Waals surface area contributed by atoms with E-state index in [4.69, 9.17) is 0 Å². The first-order chi connectivity index (χ1) is 15.9. The van der Waals surface area contributed by atoms with Crippen molar-refractivity contribution in [1.82, 2.24) is 4.98 Å². The van der Waals surface area contributed by atoms with Crippen LogP contribution < -0.4 is 4.90 Å². The molecule has 1 N–H and O–H groups in total. The van der Waals surface area contributed by atoms with E-state index in [9.17, 15) is 14.7 Å². The quantitative estimate of drug-likeness (QED) is 0.263. The number of carbonyl (C=O) groups excluding carboxylic acids is 2. The predicted molar refractivity (Wildman–Crippen MR) is 129 cm³/mol. The number of aromatic nitrogens is 1. The Morgan fingerprint density at radius 2 is 1.55 bits per heavy atom. The smallest absolute Gasteiger partial charge is 0.300 e. The largest absolute Gasteiger partial charge is 0.507 e. The van der Waals surface area contributed by atoms with Crippen LogP contribution >= 0.6 is 0 Å². The van der Waals surface area contributed by atoms with E-state index in [-0.39, 0.29) is 11.3 Å². The molecule has 5 rings (SSSR count). The third-order valence-corrected chi connectivity index (χ3v) is 5.92. The molecule has 3 aromatic carbocycles. The molecule has 1 aliphatic rings. The van der Waals surface area contributed by atoms with Gasteiger partial charge in [0.15, 0.2) is 0 Å². The summed E-state index contributed by atoms with van der Waals surface area (Å²) in [7, 11) is 0. The zero-order valence-corrected chi connectivity index (χ0v) is 18.3. The number of hydrogen-bond donors (Lipinski definition) is 1. The standard InChI is InChI=1S/C28H22N2O3/c1-17-13-18(2)15-22(14-17)30-25(23-9-5-6-12-29-23)24(27(32)28(30)33)26(31)21-11-10-19-7-3-4-8-20(19)16-21/h3-16,25,31H,1-2H3/b26-24-. The van der Waals surface area contributed by atoms with E-state index in [1.807, 2.05) is 68.4 Å². The fourth-order valence-corrected chi connectivity index (χ4v) is 4.50. The van der Waals surface area contributed by atoms with Crippen molar-refractivity contribution in [2.75, 3.05) is 4.90 Å². The van der Waals surface area contributed by atoms with E-state index in [1.54, 1.807) is 30.5 Å².